The monoisotopic (exact) mass is 353 g/mol. The van der Waals surface area contributed by atoms with Crippen LogP contribution in [0.5, 0.6) is 0 Å². The molecule has 1 atom stereocenters. The number of hydrogen-bond donors (Lipinski definition) is 1. The molecule has 1 unspecified atom stereocenters. The molecule has 0 saturated heterocycles. The van der Waals surface area contributed by atoms with E-state index in [1.165, 1.54) is 0 Å². The summed E-state index contributed by atoms with van der Waals surface area (Å²) in [4.78, 5) is 0. The van der Waals surface area contributed by atoms with Crippen molar-refractivity contribution >= 4 is 15.9 Å². The Morgan fingerprint density at radius 3 is 2.62 bits per heavy atom. The van der Waals surface area contributed by atoms with Gasteiger partial charge in [0.15, 0.2) is 11.6 Å². The van der Waals surface area contributed by atoms with Crippen molar-refractivity contribution in [2.75, 3.05) is 6.54 Å². The van der Waals surface area contributed by atoms with Crippen LogP contribution in [0.2, 0.25) is 0 Å². The zero-order valence-electron chi connectivity index (χ0n) is 12.1. The fourth-order valence-corrected chi connectivity index (χ4v) is 3.07. The molecule has 1 N–H and O–H groups in total. The lowest BCUT2D eigenvalue weighted by Gasteiger charge is -2.20. The van der Waals surface area contributed by atoms with Crippen molar-refractivity contribution in [1.29, 1.82) is 0 Å². The Kier molecular flexibility index (Phi) is 5.48. The van der Waals surface area contributed by atoms with E-state index in [2.05, 4.69) is 27.3 Å². The lowest BCUT2D eigenvalue weighted by molar-refractivity contribution is 0.481. The lowest BCUT2D eigenvalue weighted by Crippen LogP contribution is -2.23. The third-order valence-corrected chi connectivity index (χ3v) is 3.83. The van der Waals surface area contributed by atoms with Gasteiger partial charge in [-0.2, -0.15) is 0 Å². The molecule has 2 rings (SSSR count). The molecule has 1 nitrogen and oxygen atoms in total. The number of benzene rings is 2. The van der Waals surface area contributed by atoms with Crippen LogP contribution in [0.1, 0.15) is 29.7 Å². The maximum absolute atomic E-state index is 13.9. The summed E-state index contributed by atoms with van der Waals surface area (Å²) in [7, 11) is 0. The van der Waals surface area contributed by atoms with Crippen LogP contribution in [-0.4, -0.2) is 6.54 Å². The second-order valence-corrected chi connectivity index (χ2v) is 6.00. The molecule has 0 spiro atoms. The Labute approximate surface area is 132 Å². The van der Waals surface area contributed by atoms with Gasteiger partial charge in [0.05, 0.1) is 0 Å². The average molecular weight is 354 g/mol. The van der Waals surface area contributed by atoms with Crippen LogP contribution in [0.15, 0.2) is 40.9 Å². The van der Waals surface area contributed by atoms with E-state index in [1.807, 2.05) is 26.0 Å². The highest BCUT2D eigenvalue weighted by atomic mass is 79.9. The second-order valence-electron chi connectivity index (χ2n) is 5.09. The highest BCUT2D eigenvalue weighted by Crippen LogP contribution is 2.25. The van der Waals surface area contributed by atoms with Gasteiger partial charge in [-0.25, -0.2) is 8.78 Å². The molecule has 4 heteroatoms. The van der Waals surface area contributed by atoms with Crippen molar-refractivity contribution in [2.45, 2.75) is 26.3 Å². The molecule has 2 aromatic rings. The summed E-state index contributed by atoms with van der Waals surface area (Å²) in [6.45, 7) is 4.77. The molecule has 0 radical (unpaired) electrons. The molecule has 2 aromatic carbocycles. The lowest BCUT2D eigenvalue weighted by atomic mass is 9.97. The fourth-order valence-electron chi connectivity index (χ4n) is 2.45. The number of halogens is 3. The number of hydrogen-bond acceptors (Lipinski definition) is 1. The van der Waals surface area contributed by atoms with Crippen molar-refractivity contribution in [2.24, 2.45) is 0 Å². The molecule has 0 aliphatic carbocycles. The number of nitrogens with one attached hydrogen (secondary N) is 1. The van der Waals surface area contributed by atoms with E-state index in [9.17, 15) is 8.78 Å². The Hall–Kier alpha value is -1.26. The summed E-state index contributed by atoms with van der Waals surface area (Å²) in [5.74, 6) is -1.56. The van der Waals surface area contributed by atoms with Gasteiger partial charge in [0, 0.05) is 10.5 Å². The van der Waals surface area contributed by atoms with Crippen LogP contribution < -0.4 is 5.32 Å². The minimum absolute atomic E-state index is 0.0532. The van der Waals surface area contributed by atoms with Gasteiger partial charge in [0.25, 0.3) is 0 Å². The zero-order valence-corrected chi connectivity index (χ0v) is 13.7. The summed E-state index contributed by atoms with van der Waals surface area (Å²) in [6, 6.07) is 10.4. The van der Waals surface area contributed by atoms with Crippen LogP contribution in [0.4, 0.5) is 8.78 Å². The highest BCUT2D eigenvalue weighted by molar-refractivity contribution is 9.10. The molecular formula is C17H18BrF2N. The van der Waals surface area contributed by atoms with Crippen molar-refractivity contribution in [3.05, 3.63) is 69.2 Å². The molecule has 0 heterocycles. The third-order valence-electron chi connectivity index (χ3n) is 3.37. The minimum Gasteiger partial charge on any atom is -0.310 e. The molecule has 21 heavy (non-hydrogen) atoms. The van der Waals surface area contributed by atoms with Crippen LogP contribution in [0.25, 0.3) is 0 Å². The maximum atomic E-state index is 13.9. The maximum Gasteiger partial charge on any atom is 0.162 e. The summed E-state index contributed by atoms with van der Waals surface area (Å²) in [5, 5.41) is 3.34. The van der Waals surface area contributed by atoms with Gasteiger partial charge in [-0.1, -0.05) is 41.1 Å². The van der Waals surface area contributed by atoms with Crippen LogP contribution in [0, 0.1) is 18.6 Å². The summed E-state index contributed by atoms with van der Waals surface area (Å²) >= 11 is 3.48. The van der Waals surface area contributed by atoms with E-state index in [0.29, 0.717) is 12.0 Å². The van der Waals surface area contributed by atoms with Gasteiger partial charge in [0.2, 0.25) is 0 Å². The predicted molar refractivity (Wildman–Crippen MR) is 85.4 cm³/mol. The first-order chi connectivity index (χ1) is 10.0. The Morgan fingerprint density at radius 1 is 1.19 bits per heavy atom. The molecule has 0 fully saturated rings. The first-order valence-corrected chi connectivity index (χ1v) is 7.74. The molecule has 0 saturated carbocycles. The number of rotatable bonds is 5. The van der Waals surface area contributed by atoms with Crippen molar-refractivity contribution < 1.29 is 8.78 Å². The van der Waals surface area contributed by atoms with Crippen molar-refractivity contribution in [3.8, 4) is 0 Å². The minimum atomic E-state index is -0.798. The largest absolute Gasteiger partial charge is 0.310 e. The molecule has 0 aliphatic heterocycles. The van der Waals surface area contributed by atoms with E-state index in [0.717, 1.165) is 28.2 Å². The van der Waals surface area contributed by atoms with Crippen LogP contribution in [-0.2, 0) is 6.42 Å². The highest BCUT2D eigenvalue weighted by Gasteiger charge is 2.16. The Morgan fingerprint density at radius 2 is 1.95 bits per heavy atom. The van der Waals surface area contributed by atoms with Gasteiger partial charge in [-0.15, -0.1) is 0 Å². The van der Waals surface area contributed by atoms with E-state index in [-0.39, 0.29) is 6.04 Å². The zero-order chi connectivity index (χ0) is 15.4. The molecule has 112 valence electrons. The van der Waals surface area contributed by atoms with E-state index < -0.39 is 11.6 Å². The molecule has 0 aromatic heterocycles. The average Bonchev–Trinajstić information content (AvgIpc) is 2.42. The van der Waals surface area contributed by atoms with Crippen LogP contribution >= 0.6 is 15.9 Å². The van der Waals surface area contributed by atoms with Gasteiger partial charge in [-0.3, -0.25) is 0 Å². The number of aryl methyl sites for hydroxylation is 1. The number of likely N-dealkylation sites (N-methyl/N-ethyl adjacent to an activating group) is 1. The molecular weight excluding hydrogens is 336 g/mol. The first kappa shape index (κ1) is 16.1. The van der Waals surface area contributed by atoms with Gasteiger partial charge >= 0.3 is 0 Å². The smallest absolute Gasteiger partial charge is 0.162 e. The van der Waals surface area contributed by atoms with E-state index >= 15 is 0 Å². The fraction of sp³-hybridized carbons (Fsp3) is 0.294. The standard InChI is InChI=1S/C17H18BrF2N/c1-3-21-16(13-7-11(2)8-14(18)9-13)10-12-5-4-6-15(19)17(12)20/h4-9,16,21H,3,10H2,1-2H3. The van der Waals surface area contributed by atoms with Gasteiger partial charge < -0.3 is 5.32 Å². The summed E-state index contributed by atoms with van der Waals surface area (Å²) < 4.78 is 28.2. The second kappa shape index (κ2) is 7.14. The van der Waals surface area contributed by atoms with E-state index in [1.54, 1.807) is 12.1 Å². The molecule has 0 bridgehead atoms. The van der Waals surface area contributed by atoms with Crippen molar-refractivity contribution in [1.82, 2.24) is 5.32 Å². The van der Waals surface area contributed by atoms with Gasteiger partial charge in [-0.05, 0) is 54.8 Å². The molecule has 0 amide bonds. The Bertz CT molecular complexity index is 608. The normalized spacial score (nSPS) is 12.4. The van der Waals surface area contributed by atoms with Crippen molar-refractivity contribution in [3.63, 3.8) is 0 Å². The SMILES string of the molecule is CCNC(Cc1cccc(F)c1F)c1cc(C)cc(Br)c1. The topological polar surface area (TPSA) is 12.0 Å². The summed E-state index contributed by atoms with van der Waals surface area (Å²) in [5.41, 5.74) is 2.58. The van der Waals surface area contributed by atoms with Gasteiger partial charge in [0.1, 0.15) is 0 Å². The molecule has 0 aliphatic rings. The first-order valence-electron chi connectivity index (χ1n) is 6.94. The predicted octanol–water partition coefficient (Wildman–Crippen LogP) is 4.93. The Balaban J connectivity index is 2.32. The van der Waals surface area contributed by atoms with Crippen LogP contribution in [0.3, 0.4) is 0 Å². The quantitative estimate of drug-likeness (QED) is 0.803. The van der Waals surface area contributed by atoms with E-state index in [4.69, 9.17) is 0 Å². The summed E-state index contributed by atoms with van der Waals surface area (Å²) in [6.07, 6.45) is 0.410. The third kappa shape index (κ3) is 4.11.